The summed E-state index contributed by atoms with van der Waals surface area (Å²) in [6, 6.07) is 7.48. The van der Waals surface area contributed by atoms with Gasteiger partial charge in [-0.2, -0.15) is 5.26 Å². The number of carbonyl (C=O) groups excluding carboxylic acids is 1. The summed E-state index contributed by atoms with van der Waals surface area (Å²) in [5, 5.41) is 19.4. The van der Waals surface area contributed by atoms with E-state index in [0.717, 1.165) is 0 Å². The third-order valence-electron chi connectivity index (χ3n) is 3.42. The number of nitrogens with two attached hydrogens (primary N) is 2. The second-order valence-corrected chi connectivity index (χ2v) is 4.49. The fourth-order valence-corrected chi connectivity index (χ4v) is 2.45. The quantitative estimate of drug-likeness (QED) is 0.634. The molecule has 5 N–H and O–H groups in total. The van der Waals surface area contributed by atoms with Crippen LogP contribution in [0.5, 0.6) is 0 Å². The molecule has 0 radical (unpaired) electrons. The Morgan fingerprint density at radius 1 is 1.25 bits per heavy atom. The van der Waals surface area contributed by atoms with Crippen molar-refractivity contribution in [2.45, 2.75) is 6.04 Å². The number of dihydropyridines is 1. The van der Waals surface area contributed by atoms with Crippen molar-refractivity contribution < 1.29 is 9.90 Å². The number of aliphatic hydroxyl groups excluding tert-OH is 1. The Balaban J connectivity index is 2.36. The van der Waals surface area contributed by atoms with Crippen LogP contribution in [0.1, 0.15) is 15.9 Å². The highest BCUT2D eigenvalue weighted by Gasteiger charge is 2.39. The Bertz CT molecular complexity index is 781. The average molecular weight is 266 g/mol. The van der Waals surface area contributed by atoms with E-state index in [9.17, 15) is 9.90 Å². The van der Waals surface area contributed by atoms with E-state index >= 15 is 0 Å². The van der Waals surface area contributed by atoms with E-state index in [1.54, 1.807) is 24.3 Å². The predicted octanol–water partition coefficient (Wildman–Crippen LogP) is 0.628. The Hall–Kier alpha value is -3.07. The second-order valence-electron chi connectivity index (χ2n) is 4.49. The van der Waals surface area contributed by atoms with Gasteiger partial charge in [0.15, 0.2) is 5.78 Å². The first-order chi connectivity index (χ1) is 9.56. The fourth-order valence-electron chi connectivity index (χ4n) is 2.45. The number of aliphatic imine (C=N–C) groups is 1. The molecule has 3 rings (SSSR count). The fraction of sp³-hybridized carbons (Fsp3) is 0.0714. The summed E-state index contributed by atoms with van der Waals surface area (Å²) in [5.74, 6) is -0.512. The maximum absolute atomic E-state index is 12.4. The first-order valence-corrected chi connectivity index (χ1v) is 5.87. The first kappa shape index (κ1) is 12.0. The van der Waals surface area contributed by atoms with E-state index in [1.165, 1.54) is 0 Å². The summed E-state index contributed by atoms with van der Waals surface area (Å²) in [6.45, 7) is 0. The van der Waals surface area contributed by atoms with Gasteiger partial charge in [-0.3, -0.25) is 9.79 Å². The number of benzene rings is 1. The number of nitrogens with zero attached hydrogens (tertiary/aromatic N) is 2. The number of hydrogen-bond acceptors (Lipinski definition) is 6. The number of aliphatic hydroxyl groups is 1. The van der Waals surface area contributed by atoms with Crippen LogP contribution >= 0.6 is 0 Å². The predicted molar refractivity (Wildman–Crippen MR) is 72.6 cm³/mol. The molecule has 0 bridgehead atoms. The number of hydrogen-bond donors (Lipinski definition) is 3. The van der Waals surface area contributed by atoms with E-state index in [0.29, 0.717) is 11.1 Å². The van der Waals surface area contributed by atoms with Gasteiger partial charge in [0.1, 0.15) is 29.3 Å². The molecular formula is C14H10N4O2. The van der Waals surface area contributed by atoms with Crippen molar-refractivity contribution in [1.82, 2.24) is 0 Å². The minimum absolute atomic E-state index is 0.00496. The largest absolute Gasteiger partial charge is 0.507 e. The maximum Gasteiger partial charge on any atom is 0.192 e. The highest BCUT2D eigenvalue weighted by Crippen LogP contribution is 2.36. The van der Waals surface area contributed by atoms with Gasteiger partial charge in [-0.15, -0.1) is 0 Å². The smallest absolute Gasteiger partial charge is 0.192 e. The van der Waals surface area contributed by atoms with Crippen LogP contribution < -0.4 is 11.5 Å². The number of nitriles is 1. The Labute approximate surface area is 114 Å². The van der Waals surface area contributed by atoms with Crippen LogP contribution in [0.25, 0.3) is 5.76 Å². The van der Waals surface area contributed by atoms with Gasteiger partial charge in [-0.05, 0) is 0 Å². The normalized spacial score (nSPS) is 21.1. The lowest BCUT2D eigenvalue weighted by Gasteiger charge is -2.28. The number of fused-ring (bicyclic) bond motifs is 2. The van der Waals surface area contributed by atoms with Crippen LogP contribution in [-0.2, 0) is 0 Å². The van der Waals surface area contributed by atoms with Crippen molar-refractivity contribution in [2.75, 3.05) is 0 Å². The summed E-state index contributed by atoms with van der Waals surface area (Å²) in [6.07, 6.45) is 0. The molecular weight excluding hydrogens is 256 g/mol. The highest BCUT2D eigenvalue weighted by atomic mass is 16.3. The van der Waals surface area contributed by atoms with Crippen molar-refractivity contribution in [3.63, 3.8) is 0 Å². The molecule has 6 heteroatoms. The number of rotatable bonds is 0. The van der Waals surface area contributed by atoms with Gasteiger partial charge >= 0.3 is 0 Å². The SMILES string of the molecule is N#CC1=C(N)C2=C(O)c3ccccc3C(=O)C2N=C1N. The van der Waals surface area contributed by atoms with Gasteiger partial charge in [-0.25, -0.2) is 0 Å². The molecule has 0 saturated heterocycles. The van der Waals surface area contributed by atoms with E-state index in [4.69, 9.17) is 16.7 Å². The van der Waals surface area contributed by atoms with Gasteiger partial charge in [-0.1, -0.05) is 24.3 Å². The van der Waals surface area contributed by atoms with Crippen LogP contribution in [-0.4, -0.2) is 22.8 Å². The van der Waals surface area contributed by atoms with E-state index in [1.807, 2.05) is 6.07 Å². The Kier molecular flexibility index (Phi) is 2.38. The van der Waals surface area contributed by atoms with E-state index in [-0.39, 0.29) is 34.2 Å². The lowest BCUT2D eigenvalue weighted by Crippen LogP contribution is -2.37. The summed E-state index contributed by atoms with van der Waals surface area (Å²) >= 11 is 0. The molecule has 6 nitrogen and oxygen atoms in total. The molecule has 1 atom stereocenters. The number of amidine groups is 1. The van der Waals surface area contributed by atoms with Gasteiger partial charge < -0.3 is 16.6 Å². The van der Waals surface area contributed by atoms with E-state index in [2.05, 4.69) is 4.99 Å². The Morgan fingerprint density at radius 2 is 1.90 bits per heavy atom. The van der Waals surface area contributed by atoms with Crippen molar-refractivity contribution in [2.24, 2.45) is 16.5 Å². The molecule has 1 heterocycles. The molecule has 1 aromatic rings. The molecule has 1 aromatic carbocycles. The number of carbonyl (C=O) groups is 1. The van der Waals surface area contributed by atoms with Crippen molar-refractivity contribution in [1.29, 1.82) is 5.26 Å². The zero-order valence-electron chi connectivity index (χ0n) is 10.3. The summed E-state index contributed by atoms with van der Waals surface area (Å²) in [7, 11) is 0. The molecule has 1 aliphatic heterocycles. The Morgan fingerprint density at radius 3 is 2.55 bits per heavy atom. The molecule has 0 aromatic heterocycles. The van der Waals surface area contributed by atoms with Gasteiger partial charge in [0.2, 0.25) is 0 Å². The topological polar surface area (TPSA) is 125 Å². The van der Waals surface area contributed by atoms with Crippen molar-refractivity contribution in [3.8, 4) is 6.07 Å². The van der Waals surface area contributed by atoms with Crippen LogP contribution in [0.4, 0.5) is 0 Å². The lowest BCUT2D eigenvalue weighted by molar-refractivity contribution is 0.0971. The molecule has 2 aliphatic rings. The first-order valence-electron chi connectivity index (χ1n) is 5.87. The van der Waals surface area contributed by atoms with Gasteiger partial charge in [0, 0.05) is 11.1 Å². The molecule has 1 unspecified atom stereocenters. The van der Waals surface area contributed by atoms with Crippen LogP contribution in [0.2, 0.25) is 0 Å². The van der Waals surface area contributed by atoms with Crippen molar-refractivity contribution in [3.05, 3.63) is 52.2 Å². The van der Waals surface area contributed by atoms with Gasteiger partial charge in [0.05, 0.1) is 11.3 Å². The molecule has 0 fully saturated rings. The molecule has 0 amide bonds. The third-order valence-corrected chi connectivity index (χ3v) is 3.42. The highest BCUT2D eigenvalue weighted by molar-refractivity contribution is 6.14. The van der Waals surface area contributed by atoms with Crippen LogP contribution in [0.3, 0.4) is 0 Å². The standard InChI is InChI=1S/C14H10N4O2/c15-5-8-10(16)9-11(18-14(8)17)13(20)7-4-2-1-3-6(7)12(9)19/h1-4,11,19H,16H2,(H2,17,18). The van der Waals surface area contributed by atoms with Crippen LogP contribution in [0, 0.1) is 11.3 Å². The van der Waals surface area contributed by atoms with Crippen LogP contribution in [0.15, 0.2) is 46.1 Å². The average Bonchev–Trinajstić information content (AvgIpc) is 2.45. The zero-order valence-corrected chi connectivity index (χ0v) is 10.3. The summed E-state index contributed by atoms with van der Waals surface area (Å²) < 4.78 is 0. The summed E-state index contributed by atoms with van der Waals surface area (Å²) in [5.41, 5.74) is 12.4. The minimum Gasteiger partial charge on any atom is -0.507 e. The summed E-state index contributed by atoms with van der Waals surface area (Å²) in [4.78, 5) is 16.4. The maximum atomic E-state index is 12.4. The number of ketones is 1. The molecule has 20 heavy (non-hydrogen) atoms. The molecule has 0 spiro atoms. The van der Waals surface area contributed by atoms with Gasteiger partial charge in [0.25, 0.3) is 0 Å². The third kappa shape index (κ3) is 1.37. The monoisotopic (exact) mass is 266 g/mol. The lowest BCUT2D eigenvalue weighted by atomic mass is 9.82. The molecule has 98 valence electrons. The molecule has 0 saturated carbocycles. The number of Topliss-reactive ketones (excluding diaryl/α,β-unsaturated/α-hetero) is 1. The minimum atomic E-state index is -0.984. The zero-order chi connectivity index (χ0) is 14.4. The second kappa shape index (κ2) is 3.96. The van der Waals surface area contributed by atoms with E-state index < -0.39 is 6.04 Å². The molecule has 1 aliphatic carbocycles. The van der Waals surface area contributed by atoms with Crippen molar-refractivity contribution >= 4 is 17.4 Å².